The molecule has 0 spiro atoms. The molecule has 0 amide bonds. The number of ether oxygens (including phenoxy) is 3. The fourth-order valence-electron chi connectivity index (χ4n) is 4.38. The quantitative estimate of drug-likeness (QED) is 0.501. The predicted octanol–water partition coefficient (Wildman–Crippen LogP) is 5.65. The van der Waals surface area contributed by atoms with Crippen LogP contribution in [0.3, 0.4) is 0 Å². The van der Waals surface area contributed by atoms with E-state index >= 15 is 0 Å². The van der Waals surface area contributed by atoms with Gasteiger partial charge in [0.25, 0.3) is 0 Å². The lowest BCUT2D eigenvalue weighted by molar-refractivity contribution is 0.109. The molecule has 2 atom stereocenters. The first kappa shape index (κ1) is 22.7. The minimum atomic E-state index is -0.182. The Kier molecular flexibility index (Phi) is 8.23. The lowest BCUT2D eigenvalue weighted by atomic mass is 9.80. The van der Waals surface area contributed by atoms with Gasteiger partial charge in [-0.25, -0.2) is 4.39 Å². The second-order valence-electron chi connectivity index (χ2n) is 8.04. The van der Waals surface area contributed by atoms with Crippen LogP contribution in [0.15, 0.2) is 42.5 Å². The van der Waals surface area contributed by atoms with Crippen molar-refractivity contribution in [2.45, 2.75) is 38.5 Å². The van der Waals surface area contributed by atoms with Crippen LogP contribution in [0.2, 0.25) is 0 Å². The second kappa shape index (κ2) is 10.9. The zero-order chi connectivity index (χ0) is 20.1. The Morgan fingerprint density at radius 3 is 2.67 bits per heavy atom. The van der Waals surface area contributed by atoms with Crippen LogP contribution in [0.5, 0.6) is 17.2 Å². The average molecular weight is 436 g/mol. The molecule has 0 saturated carbocycles. The monoisotopic (exact) mass is 435 g/mol. The van der Waals surface area contributed by atoms with Gasteiger partial charge in [-0.2, -0.15) is 0 Å². The summed E-state index contributed by atoms with van der Waals surface area (Å²) in [5.41, 5.74) is 1.21. The molecule has 4 nitrogen and oxygen atoms in total. The maximum atomic E-state index is 13.4. The third-order valence-electron chi connectivity index (χ3n) is 6.00. The van der Waals surface area contributed by atoms with Crippen LogP contribution in [-0.4, -0.2) is 37.9 Å². The number of unbranched alkanes of at least 4 members (excludes halogenated alkanes) is 2. The number of benzene rings is 2. The van der Waals surface area contributed by atoms with Crippen molar-refractivity contribution in [2.75, 3.05) is 33.0 Å². The summed E-state index contributed by atoms with van der Waals surface area (Å²) in [4.78, 5) is 2.56. The number of halogens is 2. The van der Waals surface area contributed by atoms with Crippen molar-refractivity contribution in [3.63, 3.8) is 0 Å². The van der Waals surface area contributed by atoms with Gasteiger partial charge in [-0.3, -0.25) is 0 Å². The van der Waals surface area contributed by atoms with E-state index in [1.807, 2.05) is 30.3 Å². The molecule has 2 aromatic carbocycles. The van der Waals surface area contributed by atoms with Gasteiger partial charge in [0.15, 0.2) is 11.5 Å². The highest BCUT2D eigenvalue weighted by Gasteiger charge is 2.31. The van der Waals surface area contributed by atoms with Crippen LogP contribution in [0.1, 0.15) is 44.1 Å². The number of fused-ring (bicyclic) bond motifs is 1. The summed E-state index contributed by atoms with van der Waals surface area (Å²) in [5, 5.41) is 0. The molecule has 0 N–H and O–H groups in total. The molecule has 2 aliphatic rings. The average Bonchev–Trinajstić information content (AvgIpc) is 3.21. The fraction of sp³-hybridized carbons (Fsp3) is 0.500. The number of hydrogen-bond acceptors (Lipinski definition) is 4. The van der Waals surface area contributed by atoms with Crippen LogP contribution in [0, 0.1) is 11.7 Å². The molecule has 0 bridgehead atoms. The Bertz CT molecular complexity index is 802. The second-order valence-corrected chi connectivity index (χ2v) is 8.04. The molecule has 0 aliphatic carbocycles. The molecule has 2 aromatic rings. The first-order chi connectivity index (χ1) is 14.2. The van der Waals surface area contributed by atoms with E-state index in [1.165, 1.54) is 24.8 Å². The van der Waals surface area contributed by atoms with E-state index in [0.29, 0.717) is 18.4 Å². The molecule has 2 heterocycles. The Labute approximate surface area is 184 Å². The summed E-state index contributed by atoms with van der Waals surface area (Å²) < 4.78 is 30.4. The topological polar surface area (TPSA) is 30.9 Å². The first-order valence-electron chi connectivity index (χ1n) is 10.7. The van der Waals surface area contributed by atoms with Gasteiger partial charge in [0.2, 0.25) is 6.79 Å². The molecule has 1 saturated heterocycles. The zero-order valence-corrected chi connectivity index (χ0v) is 18.3. The minimum Gasteiger partial charge on any atom is -0.493 e. The Morgan fingerprint density at radius 1 is 1.07 bits per heavy atom. The smallest absolute Gasteiger partial charge is 0.231 e. The molecule has 6 heteroatoms. The van der Waals surface area contributed by atoms with Gasteiger partial charge in [-0.15, -0.1) is 12.4 Å². The number of likely N-dealkylation sites (tertiary alicyclic amines) is 1. The van der Waals surface area contributed by atoms with E-state index in [4.69, 9.17) is 14.2 Å². The van der Waals surface area contributed by atoms with Crippen LogP contribution in [0.4, 0.5) is 4.39 Å². The van der Waals surface area contributed by atoms with Gasteiger partial charge < -0.3 is 19.1 Å². The van der Waals surface area contributed by atoms with Crippen molar-refractivity contribution in [1.82, 2.24) is 4.90 Å². The molecule has 2 aliphatic heterocycles. The van der Waals surface area contributed by atoms with E-state index in [9.17, 15) is 4.39 Å². The summed E-state index contributed by atoms with van der Waals surface area (Å²) in [7, 11) is 0. The van der Waals surface area contributed by atoms with E-state index < -0.39 is 0 Å². The van der Waals surface area contributed by atoms with Crippen molar-refractivity contribution >= 4 is 12.4 Å². The van der Waals surface area contributed by atoms with Crippen molar-refractivity contribution < 1.29 is 18.6 Å². The molecular formula is C24H31ClFNO3. The Morgan fingerprint density at radius 2 is 1.87 bits per heavy atom. The van der Waals surface area contributed by atoms with Crippen molar-refractivity contribution in [1.29, 1.82) is 0 Å². The predicted molar refractivity (Wildman–Crippen MR) is 119 cm³/mol. The molecule has 0 aromatic heterocycles. The van der Waals surface area contributed by atoms with Gasteiger partial charge >= 0.3 is 0 Å². The van der Waals surface area contributed by atoms with Crippen molar-refractivity contribution in [3.05, 3.63) is 53.8 Å². The van der Waals surface area contributed by atoms with E-state index in [0.717, 1.165) is 43.3 Å². The Hall–Kier alpha value is -1.98. The van der Waals surface area contributed by atoms with E-state index in [1.54, 1.807) is 12.1 Å². The maximum absolute atomic E-state index is 13.4. The Balaban J connectivity index is 0.00000256. The van der Waals surface area contributed by atoms with E-state index in [2.05, 4.69) is 11.8 Å². The summed E-state index contributed by atoms with van der Waals surface area (Å²) in [6.45, 7) is 6.38. The lowest BCUT2D eigenvalue weighted by Gasteiger charge is -2.39. The SMILES string of the molecule is CCCCCN1CC[C@H](c2ccc(F)cc2)[C@@H](COc2ccc3c(c2)OCO3)C1.Cl. The summed E-state index contributed by atoms with van der Waals surface area (Å²) >= 11 is 0. The number of hydrogen-bond donors (Lipinski definition) is 0. The molecule has 1 fully saturated rings. The number of piperidine rings is 1. The summed E-state index contributed by atoms with van der Waals surface area (Å²) in [6.07, 6.45) is 4.83. The molecule has 30 heavy (non-hydrogen) atoms. The molecule has 0 radical (unpaired) electrons. The highest BCUT2D eigenvalue weighted by Crippen LogP contribution is 2.37. The van der Waals surface area contributed by atoms with Crippen LogP contribution >= 0.6 is 12.4 Å². The molecule has 4 rings (SSSR count). The summed E-state index contributed by atoms with van der Waals surface area (Å²) in [6, 6.07) is 12.7. The van der Waals surface area contributed by atoms with Crippen LogP contribution in [0.25, 0.3) is 0 Å². The van der Waals surface area contributed by atoms with Crippen LogP contribution in [-0.2, 0) is 0 Å². The minimum absolute atomic E-state index is 0. The van der Waals surface area contributed by atoms with Crippen molar-refractivity contribution in [3.8, 4) is 17.2 Å². The fourth-order valence-corrected chi connectivity index (χ4v) is 4.38. The van der Waals surface area contributed by atoms with Gasteiger partial charge in [-0.1, -0.05) is 31.9 Å². The molecule has 0 unspecified atom stereocenters. The van der Waals surface area contributed by atoms with Crippen LogP contribution < -0.4 is 14.2 Å². The third-order valence-corrected chi connectivity index (χ3v) is 6.00. The highest BCUT2D eigenvalue weighted by atomic mass is 35.5. The lowest BCUT2D eigenvalue weighted by Crippen LogP contribution is -2.42. The standard InChI is InChI=1S/C24H30FNO3.ClH/c1-2-3-4-12-26-13-11-22(18-5-7-20(25)8-6-18)19(15-26)16-27-21-9-10-23-24(14-21)29-17-28-23;/h5-10,14,19,22H,2-4,11-13,15-17H2,1H3;1H/t19-,22-;/m1./s1. The number of rotatable bonds is 8. The van der Waals surface area contributed by atoms with Gasteiger partial charge in [-0.05, 0) is 61.7 Å². The maximum Gasteiger partial charge on any atom is 0.231 e. The molecule has 164 valence electrons. The van der Waals surface area contributed by atoms with E-state index in [-0.39, 0.29) is 25.0 Å². The number of nitrogens with zero attached hydrogens (tertiary/aromatic N) is 1. The third kappa shape index (κ3) is 5.58. The van der Waals surface area contributed by atoms with Crippen molar-refractivity contribution in [2.24, 2.45) is 5.92 Å². The first-order valence-corrected chi connectivity index (χ1v) is 10.7. The zero-order valence-electron chi connectivity index (χ0n) is 17.5. The largest absolute Gasteiger partial charge is 0.493 e. The highest BCUT2D eigenvalue weighted by molar-refractivity contribution is 5.85. The van der Waals surface area contributed by atoms with Gasteiger partial charge in [0.05, 0.1) is 6.61 Å². The normalized spacial score (nSPS) is 20.6. The summed E-state index contributed by atoms with van der Waals surface area (Å²) in [5.74, 6) is 2.87. The molecular weight excluding hydrogens is 405 g/mol. The van der Waals surface area contributed by atoms with Gasteiger partial charge in [0, 0.05) is 18.5 Å². The van der Waals surface area contributed by atoms with Gasteiger partial charge in [0.1, 0.15) is 11.6 Å².